The van der Waals surface area contributed by atoms with E-state index in [4.69, 9.17) is 16.7 Å². The zero-order valence-corrected chi connectivity index (χ0v) is 20.3. The number of hydrogen-bond donors (Lipinski definition) is 1. The normalized spacial score (nSPS) is 17.2. The molecule has 2 heterocycles. The third-order valence-corrected chi connectivity index (χ3v) is 6.83. The van der Waals surface area contributed by atoms with Gasteiger partial charge in [-0.3, -0.25) is 19.2 Å². The summed E-state index contributed by atoms with van der Waals surface area (Å²) in [5.74, 6) is -0.572. The average molecular weight is 485 g/mol. The molecule has 1 atom stereocenters. The molecule has 0 radical (unpaired) electrons. The highest BCUT2D eigenvalue weighted by Gasteiger charge is 2.49. The van der Waals surface area contributed by atoms with Crippen LogP contribution in [0.4, 0.5) is 5.69 Å². The van der Waals surface area contributed by atoms with Gasteiger partial charge in [-0.15, -0.1) is 0 Å². The molecule has 0 unspecified atom stereocenters. The van der Waals surface area contributed by atoms with Crippen LogP contribution in [0.1, 0.15) is 28.5 Å². The van der Waals surface area contributed by atoms with Crippen LogP contribution in [-0.4, -0.2) is 27.1 Å². The molecule has 1 N–H and O–H groups in total. The number of halogens is 1. The number of carbonyl (C=O) groups excluding carboxylic acids is 2. The smallest absolute Gasteiger partial charge is 0.277 e. The van der Waals surface area contributed by atoms with Crippen LogP contribution in [-0.2, 0) is 17.9 Å². The fraction of sp³-hybridized carbons (Fsp3) is 0.179. The van der Waals surface area contributed by atoms with Gasteiger partial charge in [0.15, 0.2) is 0 Å². The summed E-state index contributed by atoms with van der Waals surface area (Å²) >= 11 is 6.42. The SMILES string of the molecule is Cc1ccc(N2C(=O)c3cc(-c4ccccc4)nn3C[C@]2(C)C(=O)NCc2ccccc2)cc1Cl. The minimum absolute atomic E-state index is 0.201. The van der Waals surface area contributed by atoms with Gasteiger partial charge in [0.25, 0.3) is 5.91 Å². The highest BCUT2D eigenvalue weighted by molar-refractivity contribution is 6.31. The fourth-order valence-corrected chi connectivity index (χ4v) is 4.60. The fourth-order valence-electron chi connectivity index (χ4n) is 4.43. The summed E-state index contributed by atoms with van der Waals surface area (Å²) in [7, 11) is 0. The monoisotopic (exact) mass is 484 g/mol. The van der Waals surface area contributed by atoms with Gasteiger partial charge in [0, 0.05) is 22.8 Å². The van der Waals surface area contributed by atoms with Crippen molar-refractivity contribution in [2.24, 2.45) is 0 Å². The Balaban J connectivity index is 1.56. The Kier molecular flexibility index (Phi) is 5.91. The molecule has 3 aromatic carbocycles. The summed E-state index contributed by atoms with van der Waals surface area (Å²) < 4.78 is 1.64. The number of nitrogens with zero attached hydrogens (tertiary/aromatic N) is 3. The molecule has 35 heavy (non-hydrogen) atoms. The van der Waals surface area contributed by atoms with Crippen LogP contribution in [0.2, 0.25) is 5.02 Å². The van der Waals surface area contributed by atoms with Gasteiger partial charge in [0.2, 0.25) is 5.91 Å². The van der Waals surface area contributed by atoms with E-state index in [9.17, 15) is 9.59 Å². The molecular weight excluding hydrogens is 460 g/mol. The number of rotatable bonds is 5. The summed E-state index contributed by atoms with van der Waals surface area (Å²) in [6, 6.07) is 26.6. The lowest BCUT2D eigenvalue weighted by Crippen LogP contribution is -2.64. The minimum atomic E-state index is -1.22. The van der Waals surface area contributed by atoms with Crippen molar-refractivity contribution in [3.05, 3.63) is 107 Å². The maximum atomic E-state index is 13.9. The van der Waals surface area contributed by atoms with Crippen LogP contribution in [0.15, 0.2) is 84.9 Å². The summed E-state index contributed by atoms with van der Waals surface area (Å²) in [4.78, 5) is 29.1. The van der Waals surface area contributed by atoms with Crippen LogP contribution in [0.5, 0.6) is 0 Å². The van der Waals surface area contributed by atoms with Crippen LogP contribution in [0.3, 0.4) is 0 Å². The van der Waals surface area contributed by atoms with Crippen LogP contribution < -0.4 is 10.2 Å². The first-order valence-electron chi connectivity index (χ1n) is 11.4. The maximum Gasteiger partial charge on any atom is 0.277 e. The van der Waals surface area contributed by atoms with Gasteiger partial charge < -0.3 is 5.32 Å². The Morgan fingerprint density at radius 1 is 1.03 bits per heavy atom. The summed E-state index contributed by atoms with van der Waals surface area (Å²) in [6.07, 6.45) is 0. The topological polar surface area (TPSA) is 67.2 Å². The second-order valence-corrected chi connectivity index (χ2v) is 9.36. The Hall–Kier alpha value is -3.90. The summed E-state index contributed by atoms with van der Waals surface area (Å²) in [5.41, 5.74) is 3.23. The first kappa shape index (κ1) is 22.9. The lowest BCUT2D eigenvalue weighted by atomic mass is 9.93. The van der Waals surface area contributed by atoms with Gasteiger partial charge in [0.05, 0.1) is 12.2 Å². The first-order chi connectivity index (χ1) is 16.9. The number of amides is 2. The zero-order valence-electron chi connectivity index (χ0n) is 19.5. The van der Waals surface area contributed by atoms with E-state index in [1.165, 1.54) is 0 Å². The van der Waals surface area contributed by atoms with Gasteiger partial charge >= 0.3 is 0 Å². The van der Waals surface area contributed by atoms with Gasteiger partial charge in [-0.1, -0.05) is 78.3 Å². The van der Waals surface area contributed by atoms with Gasteiger partial charge in [-0.05, 0) is 43.2 Å². The van der Waals surface area contributed by atoms with Crippen molar-refractivity contribution in [2.45, 2.75) is 32.5 Å². The van der Waals surface area contributed by atoms with Crippen molar-refractivity contribution in [3.63, 3.8) is 0 Å². The number of anilines is 1. The van der Waals surface area contributed by atoms with Crippen molar-refractivity contribution in [1.29, 1.82) is 0 Å². The molecule has 1 aliphatic rings. The lowest BCUT2D eigenvalue weighted by molar-refractivity contribution is -0.126. The van der Waals surface area contributed by atoms with Gasteiger partial charge in [-0.25, -0.2) is 0 Å². The number of aryl methyl sites for hydroxylation is 1. The van der Waals surface area contributed by atoms with E-state index in [0.717, 1.165) is 16.7 Å². The number of fused-ring (bicyclic) bond motifs is 1. The van der Waals surface area contributed by atoms with Crippen LogP contribution >= 0.6 is 11.6 Å². The third-order valence-electron chi connectivity index (χ3n) is 6.42. The van der Waals surface area contributed by atoms with Crippen molar-refractivity contribution in [2.75, 3.05) is 4.90 Å². The number of benzene rings is 3. The van der Waals surface area contributed by atoms with Crippen LogP contribution in [0, 0.1) is 6.92 Å². The van der Waals surface area contributed by atoms with E-state index in [0.29, 0.717) is 28.6 Å². The molecule has 0 spiro atoms. The average Bonchev–Trinajstić information content (AvgIpc) is 3.30. The van der Waals surface area contributed by atoms with E-state index < -0.39 is 5.54 Å². The standard InChI is InChI=1S/C28H25ClN4O2/c1-19-13-14-22(15-23(19)29)33-26(34)25-16-24(21-11-7-4-8-12-21)31-32(25)18-28(33,2)27(35)30-17-20-9-5-3-6-10-20/h3-16H,17-18H2,1-2H3,(H,30,35)/t28-/m1/s1. The van der Waals surface area contributed by atoms with Crippen molar-refractivity contribution in [3.8, 4) is 11.3 Å². The highest BCUT2D eigenvalue weighted by Crippen LogP contribution is 2.35. The molecule has 4 aromatic rings. The molecule has 1 aliphatic heterocycles. The molecule has 2 amide bonds. The van der Waals surface area contributed by atoms with E-state index in [1.807, 2.05) is 79.7 Å². The Morgan fingerprint density at radius 2 is 1.71 bits per heavy atom. The molecule has 0 aliphatic carbocycles. The number of carbonyl (C=O) groups is 2. The van der Waals surface area contributed by atoms with Crippen molar-refractivity contribution >= 4 is 29.1 Å². The molecule has 0 fully saturated rings. The van der Waals surface area contributed by atoms with Gasteiger partial charge in [0.1, 0.15) is 11.2 Å². The van der Waals surface area contributed by atoms with Gasteiger partial charge in [-0.2, -0.15) is 5.10 Å². The number of aromatic nitrogens is 2. The zero-order chi connectivity index (χ0) is 24.6. The number of hydrogen-bond acceptors (Lipinski definition) is 3. The van der Waals surface area contributed by atoms with E-state index in [2.05, 4.69) is 5.32 Å². The second-order valence-electron chi connectivity index (χ2n) is 8.95. The first-order valence-corrected chi connectivity index (χ1v) is 11.8. The molecule has 7 heteroatoms. The molecule has 0 bridgehead atoms. The molecule has 0 saturated heterocycles. The molecule has 6 nitrogen and oxygen atoms in total. The maximum absolute atomic E-state index is 13.9. The molecular formula is C28H25ClN4O2. The molecule has 0 saturated carbocycles. The number of nitrogens with one attached hydrogen (secondary N) is 1. The Labute approximate surface area is 209 Å². The van der Waals surface area contributed by atoms with E-state index in [-0.39, 0.29) is 18.4 Å². The Bertz CT molecular complexity index is 1400. The highest BCUT2D eigenvalue weighted by atomic mass is 35.5. The molecule has 1 aromatic heterocycles. The molecule has 176 valence electrons. The Morgan fingerprint density at radius 3 is 2.40 bits per heavy atom. The van der Waals surface area contributed by atoms with E-state index >= 15 is 0 Å². The predicted octanol–water partition coefficient (Wildman–Crippen LogP) is 5.25. The van der Waals surface area contributed by atoms with Crippen molar-refractivity contribution < 1.29 is 9.59 Å². The summed E-state index contributed by atoms with van der Waals surface area (Å²) in [5, 5.41) is 8.24. The van der Waals surface area contributed by atoms with E-state index in [1.54, 1.807) is 28.6 Å². The molecule has 5 rings (SSSR count). The lowest BCUT2D eigenvalue weighted by Gasteiger charge is -2.43. The third kappa shape index (κ3) is 4.21. The quantitative estimate of drug-likeness (QED) is 0.421. The minimum Gasteiger partial charge on any atom is -0.350 e. The predicted molar refractivity (Wildman–Crippen MR) is 137 cm³/mol. The summed E-state index contributed by atoms with van der Waals surface area (Å²) in [6.45, 7) is 4.23. The van der Waals surface area contributed by atoms with Crippen LogP contribution in [0.25, 0.3) is 11.3 Å². The van der Waals surface area contributed by atoms with Crippen molar-refractivity contribution in [1.82, 2.24) is 15.1 Å². The second kappa shape index (κ2) is 9.04. The largest absolute Gasteiger partial charge is 0.350 e.